The molecule has 1 fully saturated rings. The normalized spacial score (nSPS) is 24.0. The Bertz CT molecular complexity index is 381. The van der Waals surface area contributed by atoms with Crippen LogP contribution in [-0.4, -0.2) is 19.2 Å². The molecule has 88 valence electrons. The van der Waals surface area contributed by atoms with Crippen molar-refractivity contribution in [3.05, 3.63) is 28.8 Å². The number of hydrogen-bond acceptors (Lipinski definition) is 2. The minimum Gasteiger partial charge on any atom is -0.490 e. The molecule has 2 heteroatoms. The molecule has 1 saturated carbocycles. The lowest BCUT2D eigenvalue weighted by molar-refractivity contribution is 0.0870. The average Bonchev–Trinajstić information content (AvgIpc) is 2.21. The number of nitrogens with one attached hydrogen (secondary N) is 1. The van der Waals surface area contributed by atoms with Crippen LogP contribution in [0.5, 0.6) is 5.75 Å². The van der Waals surface area contributed by atoms with E-state index < -0.39 is 0 Å². The quantitative estimate of drug-likeness (QED) is 0.844. The van der Waals surface area contributed by atoms with Crippen LogP contribution in [0, 0.1) is 20.8 Å². The topological polar surface area (TPSA) is 21.3 Å². The molecule has 0 amide bonds. The van der Waals surface area contributed by atoms with E-state index in [1.54, 1.807) is 0 Å². The molecular weight excluding hydrogens is 198 g/mol. The summed E-state index contributed by atoms with van der Waals surface area (Å²) < 4.78 is 6.08. The lowest BCUT2D eigenvalue weighted by atomic mass is 9.89. The van der Waals surface area contributed by atoms with E-state index in [1.807, 2.05) is 7.05 Å². The van der Waals surface area contributed by atoms with E-state index in [0.29, 0.717) is 12.1 Å². The second-order valence-electron chi connectivity index (χ2n) is 4.85. The van der Waals surface area contributed by atoms with Gasteiger partial charge >= 0.3 is 0 Å². The van der Waals surface area contributed by atoms with Crippen LogP contribution in [0.3, 0.4) is 0 Å². The lowest BCUT2D eigenvalue weighted by Crippen LogP contribution is -2.45. The summed E-state index contributed by atoms with van der Waals surface area (Å²) in [5.41, 5.74) is 3.84. The van der Waals surface area contributed by atoms with E-state index >= 15 is 0 Å². The van der Waals surface area contributed by atoms with Gasteiger partial charge in [-0.05, 0) is 57.4 Å². The van der Waals surface area contributed by atoms with E-state index in [9.17, 15) is 0 Å². The van der Waals surface area contributed by atoms with Gasteiger partial charge in [0.2, 0.25) is 0 Å². The Kier molecular flexibility index (Phi) is 3.20. The predicted octanol–water partition coefficient (Wildman–Crippen LogP) is 2.74. The van der Waals surface area contributed by atoms with Gasteiger partial charge in [-0.15, -0.1) is 0 Å². The smallest absolute Gasteiger partial charge is 0.125 e. The Hall–Kier alpha value is -1.02. The van der Waals surface area contributed by atoms with Gasteiger partial charge in [0, 0.05) is 6.04 Å². The van der Waals surface area contributed by atoms with Crippen molar-refractivity contribution in [1.82, 2.24) is 5.32 Å². The zero-order valence-corrected chi connectivity index (χ0v) is 10.6. The van der Waals surface area contributed by atoms with Gasteiger partial charge < -0.3 is 10.1 Å². The van der Waals surface area contributed by atoms with Crippen LogP contribution in [0.25, 0.3) is 0 Å². The molecule has 0 atom stereocenters. The number of aryl methyl sites for hydroxylation is 2. The molecule has 0 aromatic heterocycles. The van der Waals surface area contributed by atoms with Crippen molar-refractivity contribution in [2.24, 2.45) is 0 Å². The summed E-state index contributed by atoms with van der Waals surface area (Å²) in [6.45, 7) is 6.40. The van der Waals surface area contributed by atoms with Crippen LogP contribution in [0.1, 0.15) is 29.5 Å². The predicted molar refractivity (Wildman–Crippen MR) is 67.2 cm³/mol. The van der Waals surface area contributed by atoms with Gasteiger partial charge in [0.05, 0.1) is 0 Å². The molecule has 2 nitrogen and oxygen atoms in total. The second kappa shape index (κ2) is 4.46. The molecule has 0 bridgehead atoms. The second-order valence-corrected chi connectivity index (χ2v) is 4.85. The van der Waals surface area contributed by atoms with Gasteiger partial charge in [0.15, 0.2) is 0 Å². The van der Waals surface area contributed by atoms with E-state index in [1.165, 1.54) is 16.7 Å². The van der Waals surface area contributed by atoms with Crippen molar-refractivity contribution in [2.75, 3.05) is 7.05 Å². The highest BCUT2D eigenvalue weighted by molar-refractivity contribution is 5.44. The van der Waals surface area contributed by atoms with E-state index in [2.05, 4.69) is 38.2 Å². The van der Waals surface area contributed by atoms with Crippen molar-refractivity contribution in [3.63, 3.8) is 0 Å². The molecule has 0 aliphatic heterocycles. The zero-order chi connectivity index (χ0) is 11.7. The standard InChI is InChI=1S/C14H21NO/c1-9-5-6-10(2)14(11(9)3)16-13-7-12(8-13)15-4/h5-6,12-13,15H,7-8H2,1-4H3. The maximum Gasteiger partial charge on any atom is 0.125 e. The Labute approximate surface area is 98.0 Å². The molecule has 0 radical (unpaired) electrons. The van der Waals surface area contributed by atoms with Gasteiger partial charge in [0.1, 0.15) is 11.9 Å². The van der Waals surface area contributed by atoms with Crippen LogP contribution in [0.15, 0.2) is 12.1 Å². The minimum atomic E-state index is 0.400. The molecule has 1 aromatic rings. The summed E-state index contributed by atoms with van der Waals surface area (Å²) in [5.74, 6) is 1.10. The Morgan fingerprint density at radius 1 is 1.12 bits per heavy atom. The maximum atomic E-state index is 6.08. The van der Waals surface area contributed by atoms with Gasteiger partial charge in [-0.3, -0.25) is 0 Å². The molecule has 0 spiro atoms. The fraction of sp³-hybridized carbons (Fsp3) is 0.571. The van der Waals surface area contributed by atoms with Crippen molar-refractivity contribution in [3.8, 4) is 5.75 Å². The Morgan fingerprint density at radius 2 is 1.75 bits per heavy atom. The van der Waals surface area contributed by atoms with E-state index in [-0.39, 0.29) is 0 Å². The summed E-state index contributed by atoms with van der Waals surface area (Å²) >= 11 is 0. The lowest BCUT2D eigenvalue weighted by Gasteiger charge is -2.36. The average molecular weight is 219 g/mol. The summed E-state index contributed by atoms with van der Waals surface area (Å²) in [6.07, 6.45) is 2.66. The highest BCUT2D eigenvalue weighted by Gasteiger charge is 2.30. The highest BCUT2D eigenvalue weighted by atomic mass is 16.5. The third-order valence-corrected chi connectivity index (χ3v) is 3.66. The van der Waals surface area contributed by atoms with Gasteiger partial charge in [0.25, 0.3) is 0 Å². The Balaban J connectivity index is 2.07. The molecule has 16 heavy (non-hydrogen) atoms. The molecule has 0 unspecified atom stereocenters. The molecule has 1 aromatic carbocycles. The molecule has 0 saturated heterocycles. The number of ether oxygens (including phenoxy) is 1. The third kappa shape index (κ3) is 2.07. The van der Waals surface area contributed by atoms with Crippen molar-refractivity contribution >= 4 is 0 Å². The summed E-state index contributed by atoms with van der Waals surface area (Å²) in [4.78, 5) is 0. The highest BCUT2D eigenvalue weighted by Crippen LogP contribution is 2.31. The fourth-order valence-corrected chi connectivity index (χ4v) is 2.17. The van der Waals surface area contributed by atoms with E-state index in [0.717, 1.165) is 18.6 Å². The van der Waals surface area contributed by atoms with Crippen LogP contribution < -0.4 is 10.1 Å². The minimum absolute atomic E-state index is 0.400. The molecular formula is C14H21NO. The third-order valence-electron chi connectivity index (χ3n) is 3.66. The first-order valence-electron chi connectivity index (χ1n) is 6.02. The number of hydrogen-bond donors (Lipinski definition) is 1. The van der Waals surface area contributed by atoms with Crippen LogP contribution in [0.2, 0.25) is 0 Å². The van der Waals surface area contributed by atoms with Crippen molar-refractivity contribution in [2.45, 2.75) is 45.8 Å². The van der Waals surface area contributed by atoms with Crippen molar-refractivity contribution in [1.29, 1.82) is 0 Å². The molecule has 1 aliphatic rings. The molecule has 0 heterocycles. The van der Waals surface area contributed by atoms with Gasteiger partial charge in [-0.2, -0.15) is 0 Å². The van der Waals surface area contributed by atoms with Gasteiger partial charge in [-0.25, -0.2) is 0 Å². The largest absolute Gasteiger partial charge is 0.490 e. The Morgan fingerprint density at radius 3 is 2.38 bits per heavy atom. The zero-order valence-electron chi connectivity index (χ0n) is 10.6. The molecule has 1 aliphatic carbocycles. The summed E-state index contributed by atoms with van der Waals surface area (Å²) in [7, 11) is 2.02. The SMILES string of the molecule is CNC1CC(Oc2c(C)ccc(C)c2C)C1. The monoisotopic (exact) mass is 219 g/mol. The molecule has 1 N–H and O–H groups in total. The van der Waals surface area contributed by atoms with E-state index in [4.69, 9.17) is 4.74 Å². The molecule has 2 rings (SSSR count). The maximum absolute atomic E-state index is 6.08. The fourth-order valence-electron chi connectivity index (χ4n) is 2.17. The first-order valence-corrected chi connectivity index (χ1v) is 6.02. The summed E-state index contributed by atoms with van der Waals surface area (Å²) in [5, 5.41) is 3.28. The van der Waals surface area contributed by atoms with Crippen LogP contribution >= 0.6 is 0 Å². The van der Waals surface area contributed by atoms with Crippen molar-refractivity contribution < 1.29 is 4.74 Å². The number of rotatable bonds is 3. The van der Waals surface area contributed by atoms with Crippen LogP contribution in [-0.2, 0) is 0 Å². The number of benzene rings is 1. The van der Waals surface area contributed by atoms with Gasteiger partial charge in [-0.1, -0.05) is 12.1 Å². The van der Waals surface area contributed by atoms with Crippen LogP contribution in [0.4, 0.5) is 0 Å². The first kappa shape index (κ1) is 11.5. The summed E-state index contributed by atoms with van der Waals surface area (Å²) in [6, 6.07) is 4.95. The first-order chi connectivity index (χ1) is 7.61.